The van der Waals surface area contributed by atoms with Crippen molar-refractivity contribution in [3.05, 3.63) is 54.9 Å². The molecule has 6 nitrogen and oxygen atoms in total. The molecule has 0 saturated carbocycles. The van der Waals surface area contributed by atoms with Crippen LogP contribution in [0.15, 0.2) is 54.9 Å². The number of pyridine rings is 1. The average molecular weight is 306 g/mol. The summed E-state index contributed by atoms with van der Waals surface area (Å²) in [4.78, 5) is 17.4. The van der Waals surface area contributed by atoms with E-state index in [4.69, 9.17) is 0 Å². The fourth-order valence-electron chi connectivity index (χ4n) is 2.03. The van der Waals surface area contributed by atoms with E-state index >= 15 is 0 Å². The number of hydrogen-bond acceptors (Lipinski definition) is 6. The van der Waals surface area contributed by atoms with Gasteiger partial charge in [-0.05, 0) is 18.6 Å². The minimum absolute atomic E-state index is 0.503. The minimum atomic E-state index is 0.503. The van der Waals surface area contributed by atoms with Crippen molar-refractivity contribution in [3.63, 3.8) is 0 Å². The lowest BCUT2D eigenvalue weighted by molar-refractivity contribution is 0.943. The highest BCUT2D eigenvalue weighted by atomic mass is 15.2. The van der Waals surface area contributed by atoms with Crippen molar-refractivity contribution in [2.45, 2.75) is 13.3 Å². The maximum absolute atomic E-state index is 4.51. The van der Waals surface area contributed by atoms with Gasteiger partial charge in [-0.2, -0.15) is 15.0 Å². The van der Waals surface area contributed by atoms with Gasteiger partial charge in [0.15, 0.2) is 5.82 Å². The molecule has 0 bridgehead atoms. The van der Waals surface area contributed by atoms with Crippen molar-refractivity contribution in [1.29, 1.82) is 0 Å². The molecule has 2 N–H and O–H groups in total. The van der Waals surface area contributed by atoms with E-state index in [0.717, 1.165) is 24.2 Å². The lowest BCUT2D eigenvalue weighted by Crippen LogP contribution is -2.08. The molecule has 2 aromatic heterocycles. The maximum Gasteiger partial charge on any atom is 0.232 e. The van der Waals surface area contributed by atoms with Crippen molar-refractivity contribution in [3.8, 4) is 11.4 Å². The first kappa shape index (κ1) is 14.9. The fraction of sp³-hybridized carbons (Fsp3) is 0.176. The van der Waals surface area contributed by atoms with E-state index < -0.39 is 0 Å². The van der Waals surface area contributed by atoms with E-state index in [1.807, 2.05) is 42.5 Å². The Labute approximate surface area is 135 Å². The van der Waals surface area contributed by atoms with E-state index in [-0.39, 0.29) is 0 Å². The van der Waals surface area contributed by atoms with Gasteiger partial charge in [0, 0.05) is 30.2 Å². The van der Waals surface area contributed by atoms with Crippen LogP contribution in [0, 0.1) is 0 Å². The topological polar surface area (TPSA) is 75.6 Å². The zero-order valence-electron chi connectivity index (χ0n) is 12.9. The third-order valence-corrected chi connectivity index (χ3v) is 3.14. The third-order valence-electron chi connectivity index (χ3n) is 3.14. The molecule has 3 rings (SSSR count). The molecule has 0 unspecified atom stereocenters. The Balaban J connectivity index is 1.94. The molecule has 0 fully saturated rings. The predicted molar refractivity (Wildman–Crippen MR) is 91.6 cm³/mol. The normalized spacial score (nSPS) is 10.3. The summed E-state index contributed by atoms with van der Waals surface area (Å²) >= 11 is 0. The Morgan fingerprint density at radius 2 is 1.61 bits per heavy atom. The fourth-order valence-corrected chi connectivity index (χ4v) is 2.03. The van der Waals surface area contributed by atoms with Crippen LogP contribution in [0.4, 0.5) is 17.6 Å². The predicted octanol–water partition coefficient (Wildman–Crippen LogP) is 3.50. The number of nitrogens with one attached hydrogen (secondary N) is 2. The highest BCUT2D eigenvalue weighted by molar-refractivity contribution is 5.60. The molecule has 6 heteroatoms. The largest absolute Gasteiger partial charge is 0.354 e. The number of hydrogen-bond donors (Lipinski definition) is 2. The van der Waals surface area contributed by atoms with E-state index in [1.165, 1.54) is 0 Å². The average Bonchev–Trinajstić information content (AvgIpc) is 2.61. The number of aromatic nitrogens is 4. The lowest BCUT2D eigenvalue weighted by Gasteiger charge is -2.10. The molecular weight excluding hydrogens is 288 g/mol. The molecule has 116 valence electrons. The second-order valence-electron chi connectivity index (χ2n) is 4.96. The molecule has 0 aliphatic heterocycles. The Morgan fingerprint density at radius 3 is 2.35 bits per heavy atom. The number of benzene rings is 1. The van der Waals surface area contributed by atoms with E-state index in [9.17, 15) is 0 Å². The van der Waals surface area contributed by atoms with E-state index in [0.29, 0.717) is 17.7 Å². The zero-order chi connectivity index (χ0) is 15.9. The summed E-state index contributed by atoms with van der Waals surface area (Å²) in [6, 6.07) is 13.6. The molecule has 23 heavy (non-hydrogen) atoms. The van der Waals surface area contributed by atoms with Crippen LogP contribution in [0.25, 0.3) is 11.4 Å². The van der Waals surface area contributed by atoms with Gasteiger partial charge in [0.05, 0.1) is 0 Å². The summed E-state index contributed by atoms with van der Waals surface area (Å²) in [5, 5.41) is 6.40. The molecule has 0 amide bonds. The van der Waals surface area contributed by atoms with Crippen LogP contribution in [-0.2, 0) is 0 Å². The van der Waals surface area contributed by atoms with Crippen LogP contribution < -0.4 is 10.6 Å². The van der Waals surface area contributed by atoms with Gasteiger partial charge in [-0.15, -0.1) is 0 Å². The van der Waals surface area contributed by atoms with Crippen LogP contribution in [0.5, 0.6) is 0 Å². The quantitative estimate of drug-likeness (QED) is 0.726. The number of rotatable bonds is 6. The Bertz CT molecular complexity index is 746. The van der Waals surface area contributed by atoms with Gasteiger partial charge in [0.1, 0.15) is 0 Å². The lowest BCUT2D eigenvalue weighted by atomic mass is 10.2. The van der Waals surface area contributed by atoms with Crippen LogP contribution in [0.1, 0.15) is 13.3 Å². The Morgan fingerprint density at radius 1 is 0.870 bits per heavy atom. The van der Waals surface area contributed by atoms with Crippen LogP contribution in [0.2, 0.25) is 0 Å². The molecule has 1 aromatic carbocycles. The van der Waals surface area contributed by atoms with Crippen molar-refractivity contribution in [2.24, 2.45) is 0 Å². The first-order valence-electron chi connectivity index (χ1n) is 7.57. The Hall–Kier alpha value is -3.02. The third kappa shape index (κ3) is 4.00. The van der Waals surface area contributed by atoms with Gasteiger partial charge in [-0.1, -0.05) is 37.3 Å². The van der Waals surface area contributed by atoms with Crippen molar-refractivity contribution < 1.29 is 0 Å². The first-order chi connectivity index (χ1) is 11.3. The smallest absolute Gasteiger partial charge is 0.232 e. The van der Waals surface area contributed by atoms with E-state index in [1.54, 1.807) is 12.4 Å². The van der Waals surface area contributed by atoms with Crippen LogP contribution in [0.3, 0.4) is 0 Å². The molecule has 0 radical (unpaired) electrons. The van der Waals surface area contributed by atoms with Gasteiger partial charge in [-0.25, -0.2) is 0 Å². The second kappa shape index (κ2) is 7.31. The molecule has 0 saturated heterocycles. The Kier molecular flexibility index (Phi) is 4.73. The minimum Gasteiger partial charge on any atom is -0.354 e. The van der Waals surface area contributed by atoms with Gasteiger partial charge in [0.25, 0.3) is 0 Å². The molecule has 0 aliphatic rings. The van der Waals surface area contributed by atoms with Gasteiger partial charge < -0.3 is 10.6 Å². The highest BCUT2D eigenvalue weighted by Crippen LogP contribution is 2.19. The summed E-state index contributed by atoms with van der Waals surface area (Å²) in [5.74, 6) is 1.71. The SMILES string of the molecule is CCCNc1nc(Nc2ccncc2)nc(-c2ccccc2)n1. The number of anilines is 3. The van der Waals surface area contributed by atoms with Gasteiger partial charge in [-0.3, -0.25) is 4.98 Å². The summed E-state index contributed by atoms with van der Waals surface area (Å²) in [6.45, 7) is 2.91. The second-order valence-corrected chi connectivity index (χ2v) is 4.96. The monoisotopic (exact) mass is 306 g/mol. The summed E-state index contributed by atoms with van der Waals surface area (Å²) < 4.78 is 0. The molecule has 3 aromatic rings. The van der Waals surface area contributed by atoms with Crippen molar-refractivity contribution in [1.82, 2.24) is 19.9 Å². The van der Waals surface area contributed by atoms with Crippen molar-refractivity contribution >= 4 is 17.6 Å². The molecule has 0 spiro atoms. The molecule has 0 atom stereocenters. The van der Waals surface area contributed by atoms with Crippen LogP contribution in [-0.4, -0.2) is 26.5 Å². The highest BCUT2D eigenvalue weighted by Gasteiger charge is 2.08. The van der Waals surface area contributed by atoms with Crippen molar-refractivity contribution in [2.75, 3.05) is 17.2 Å². The van der Waals surface area contributed by atoms with Crippen LogP contribution >= 0.6 is 0 Å². The zero-order valence-corrected chi connectivity index (χ0v) is 12.9. The number of nitrogens with zero attached hydrogens (tertiary/aromatic N) is 4. The maximum atomic E-state index is 4.51. The molecule has 2 heterocycles. The van der Waals surface area contributed by atoms with Gasteiger partial charge in [0.2, 0.25) is 11.9 Å². The first-order valence-corrected chi connectivity index (χ1v) is 7.57. The van der Waals surface area contributed by atoms with E-state index in [2.05, 4.69) is 37.5 Å². The van der Waals surface area contributed by atoms with Gasteiger partial charge >= 0.3 is 0 Å². The summed E-state index contributed by atoms with van der Waals surface area (Å²) in [7, 11) is 0. The summed E-state index contributed by atoms with van der Waals surface area (Å²) in [5.41, 5.74) is 1.83. The molecule has 0 aliphatic carbocycles. The summed E-state index contributed by atoms with van der Waals surface area (Å²) in [6.07, 6.45) is 4.44. The standard InChI is InChI=1S/C17H18N6/c1-2-10-19-16-21-15(13-6-4-3-5-7-13)22-17(23-16)20-14-8-11-18-12-9-14/h3-9,11-12H,2,10H2,1H3,(H2,18,19,20,21,22,23). The molecular formula is C17H18N6.